The highest BCUT2D eigenvalue weighted by molar-refractivity contribution is 6.33. The standard InChI is InChI=1S/C13H7Cl2F3N2O/c14-10-4-3-7(6-9(10)13(16,17)18)20-12(21)8-2-1-5-19-11(8)15/h1-6H,(H,20,21). The Kier molecular flexibility index (Phi) is 4.39. The van der Waals surface area contributed by atoms with Crippen molar-refractivity contribution in [1.29, 1.82) is 0 Å². The summed E-state index contributed by atoms with van der Waals surface area (Å²) >= 11 is 11.2. The number of nitrogens with one attached hydrogen (secondary N) is 1. The Balaban J connectivity index is 2.29. The van der Waals surface area contributed by atoms with E-state index in [9.17, 15) is 18.0 Å². The van der Waals surface area contributed by atoms with Crippen LogP contribution in [0.5, 0.6) is 0 Å². The number of nitrogens with zero attached hydrogens (tertiary/aromatic N) is 1. The number of anilines is 1. The van der Waals surface area contributed by atoms with Gasteiger partial charge in [0.15, 0.2) is 0 Å². The lowest BCUT2D eigenvalue weighted by Gasteiger charge is -2.12. The molecule has 0 atom stereocenters. The fourth-order valence-electron chi connectivity index (χ4n) is 1.57. The van der Waals surface area contributed by atoms with Crippen LogP contribution in [0.2, 0.25) is 10.2 Å². The zero-order valence-electron chi connectivity index (χ0n) is 10.2. The van der Waals surface area contributed by atoms with Crippen LogP contribution in [-0.4, -0.2) is 10.9 Å². The van der Waals surface area contributed by atoms with Crippen LogP contribution in [0.4, 0.5) is 18.9 Å². The molecular weight excluding hydrogens is 328 g/mol. The lowest BCUT2D eigenvalue weighted by atomic mass is 10.2. The highest BCUT2D eigenvalue weighted by Gasteiger charge is 2.33. The Morgan fingerprint density at radius 1 is 1.19 bits per heavy atom. The molecule has 0 saturated heterocycles. The fraction of sp³-hybridized carbons (Fsp3) is 0.0769. The number of amides is 1. The molecule has 21 heavy (non-hydrogen) atoms. The van der Waals surface area contributed by atoms with Crippen LogP contribution in [0.15, 0.2) is 36.5 Å². The van der Waals surface area contributed by atoms with E-state index >= 15 is 0 Å². The van der Waals surface area contributed by atoms with E-state index in [1.807, 2.05) is 0 Å². The SMILES string of the molecule is O=C(Nc1ccc(Cl)c(C(F)(F)F)c1)c1cccnc1Cl. The zero-order valence-corrected chi connectivity index (χ0v) is 11.7. The van der Waals surface area contributed by atoms with Gasteiger partial charge in [0.25, 0.3) is 5.91 Å². The van der Waals surface area contributed by atoms with E-state index in [4.69, 9.17) is 23.2 Å². The zero-order chi connectivity index (χ0) is 15.6. The van der Waals surface area contributed by atoms with Gasteiger partial charge in [-0.3, -0.25) is 4.79 Å². The average Bonchev–Trinajstić information content (AvgIpc) is 2.40. The first kappa shape index (κ1) is 15.6. The van der Waals surface area contributed by atoms with E-state index in [1.165, 1.54) is 24.4 Å². The third-order valence-corrected chi connectivity index (χ3v) is 3.16. The maximum absolute atomic E-state index is 12.7. The van der Waals surface area contributed by atoms with Crippen molar-refractivity contribution in [1.82, 2.24) is 4.98 Å². The van der Waals surface area contributed by atoms with E-state index in [0.29, 0.717) is 0 Å². The van der Waals surface area contributed by atoms with Gasteiger partial charge in [-0.1, -0.05) is 23.2 Å². The van der Waals surface area contributed by atoms with E-state index in [-0.39, 0.29) is 16.4 Å². The van der Waals surface area contributed by atoms with Gasteiger partial charge >= 0.3 is 6.18 Å². The number of hydrogen-bond acceptors (Lipinski definition) is 2. The average molecular weight is 335 g/mol. The second kappa shape index (κ2) is 5.91. The fourth-order valence-corrected chi connectivity index (χ4v) is 2.00. The van der Waals surface area contributed by atoms with Crippen molar-refractivity contribution in [2.45, 2.75) is 6.18 Å². The van der Waals surface area contributed by atoms with Crippen molar-refractivity contribution in [2.75, 3.05) is 5.32 Å². The Hall–Kier alpha value is -1.79. The summed E-state index contributed by atoms with van der Waals surface area (Å²) in [4.78, 5) is 15.6. The Bertz CT molecular complexity index is 689. The summed E-state index contributed by atoms with van der Waals surface area (Å²) in [6, 6.07) is 5.98. The van der Waals surface area contributed by atoms with Gasteiger partial charge in [0.2, 0.25) is 0 Å². The summed E-state index contributed by atoms with van der Waals surface area (Å²) in [5, 5.41) is 1.83. The van der Waals surface area contributed by atoms with Crippen LogP contribution >= 0.6 is 23.2 Å². The Morgan fingerprint density at radius 2 is 1.90 bits per heavy atom. The second-order valence-electron chi connectivity index (χ2n) is 3.99. The molecule has 0 saturated carbocycles. The normalized spacial score (nSPS) is 11.3. The molecule has 1 amide bonds. The number of carbonyl (C=O) groups excluding carboxylic acids is 1. The summed E-state index contributed by atoms with van der Waals surface area (Å²) in [6.45, 7) is 0. The van der Waals surface area contributed by atoms with Crippen molar-refractivity contribution >= 4 is 34.8 Å². The smallest absolute Gasteiger partial charge is 0.322 e. The minimum absolute atomic E-state index is 0.0417. The summed E-state index contributed by atoms with van der Waals surface area (Å²) in [6.07, 6.45) is -3.22. The second-order valence-corrected chi connectivity index (χ2v) is 4.75. The molecule has 1 N–H and O–H groups in total. The summed E-state index contributed by atoms with van der Waals surface area (Å²) in [7, 11) is 0. The van der Waals surface area contributed by atoms with Gasteiger partial charge in [-0.25, -0.2) is 4.98 Å². The van der Waals surface area contributed by atoms with Crippen molar-refractivity contribution in [3.05, 3.63) is 57.8 Å². The predicted octanol–water partition coefficient (Wildman–Crippen LogP) is 4.66. The highest BCUT2D eigenvalue weighted by atomic mass is 35.5. The quantitative estimate of drug-likeness (QED) is 0.811. The minimum Gasteiger partial charge on any atom is -0.322 e. The van der Waals surface area contributed by atoms with Crippen LogP contribution in [-0.2, 0) is 6.18 Å². The number of halogens is 5. The molecule has 1 aromatic heterocycles. The van der Waals surface area contributed by atoms with Gasteiger partial charge in [-0.05, 0) is 30.3 Å². The molecule has 0 radical (unpaired) electrons. The first-order valence-electron chi connectivity index (χ1n) is 5.57. The van der Waals surface area contributed by atoms with E-state index in [1.54, 1.807) is 0 Å². The predicted molar refractivity (Wildman–Crippen MR) is 73.7 cm³/mol. The first-order chi connectivity index (χ1) is 9.79. The van der Waals surface area contributed by atoms with Crippen LogP contribution in [0.3, 0.4) is 0 Å². The van der Waals surface area contributed by atoms with Crippen molar-refractivity contribution in [2.24, 2.45) is 0 Å². The topological polar surface area (TPSA) is 42.0 Å². The van der Waals surface area contributed by atoms with Gasteiger partial charge in [-0.2, -0.15) is 13.2 Å². The Morgan fingerprint density at radius 3 is 2.52 bits per heavy atom. The highest BCUT2D eigenvalue weighted by Crippen LogP contribution is 2.36. The Labute approximate surface area is 127 Å². The molecule has 0 fully saturated rings. The van der Waals surface area contributed by atoms with E-state index in [2.05, 4.69) is 10.3 Å². The van der Waals surface area contributed by atoms with Crippen LogP contribution in [0.25, 0.3) is 0 Å². The molecule has 0 aliphatic carbocycles. The number of rotatable bonds is 2. The van der Waals surface area contributed by atoms with E-state index in [0.717, 1.165) is 12.1 Å². The molecule has 0 unspecified atom stereocenters. The molecule has 0 spiro atoms. The molecule has 1 aromatic carbocycles. The third kappa shape index (κ3) is 3.65. The molecule has 1 heterocycles. The molecule has 0 aliphatic heterocycles. The van der Waals surface area contributed by atoms with Gasteiger partial charge in [0, 0.05) is 11.9 Å². The van der Waals surface area contributed by atoms with Crippen molar-refractivity contribution < 1.29 is 18.0 Å². The number of hydrogen-bond donors (Lipinski definition) is 1. The molecule has 2 aromatic rings. The number of alkyl halides is 3. The summed E-state index contributed by atoms with van der Waals surface area (Å²) in [5.41, 5.74) is -1.02. The number of pyridine rings is 1. The largest absolute Gasteiger partial charge is 0.417 e. The number of aromatic nitrogens is 1. The van der Waals surface area contributed by atoms with Crippen LogP contribution < -0.4 is 5.32 Å². The third-order valence-electron chi connectivity index (χ3n) is 2.53. The van der Waals surface area contributed by atoms with Crippen LogP contribution in [0, 0.1) is 0 Å². The molecule has 3 nitrogen and oxygen atoms in total. The molecular formula is C13H7Cl2F3N2O. The monoisotopic (exact) mass is 334 g/mol. The first-order valence-corrected chi connectivity index (χ1v) is 6.33. The lowest BCUT2D eigenvalue weighted by molar-refractivity contribution is -0.137. The maximum Gasteiger partial charge on any atom is 0.417 e. The molecule has 2 rings (SSSR count). The van der Waals surface area contributed by atoms with Gasteiger partial charge < -0.3 is 5.32 Å². The van der Waals surface area contributed by atoms with Gasteiger partial charge in [0.1, 0.15) is 5.15 Å². The van der Waals surface area contributed by atoms with Gasteiger partial charge in [-0.15, -0.1) is 0 Å². The van der Waals surface area contributed by atoms with Crippen molar-refractivity contribution in [3.63, 3.8) is 0 Å². The molecule has 8 heteroatoms. The molecule has 0 bridgehead atoms. The van der Waals surface area contributed by atoms with E-state index < -0.39 is 22.7 Å². The van der Waals surface area contributed by atoms with Crippen LogP contribution in [0.1, 0.15) is 15.9 Å². The molecule has 110 valence electrons. The van der Waals surface area contributed by atoms with Crippen molar-refractivity contribution in [3.8, 4) is 0 Å². The number of carbonyl (C=O) groups is 1. The lowest BCUT2D eigenvalue weighted by Crippen LogP contribution is -2.14. The molecule has 0 aliphatic rings. The van der Waals surface area contributed by atoms with Gasteiger partial charge in [0.05, 0.1) is 16.1 Å². The summed E-state index contributed by atoms with van der Waals surface area (Å²) in [5.74, 6) is -0.663. The minimum atomic E-state index is -4.61. The maximum atomic E-state index is 12.7. The summed E-state index contributed by atoms with van der Waals surface area (Å²) < 4.78 is 38.2. The number of benzene rings is 1.